The molecular weight excluding hydrogens is 322 g/mol. The molecule has 24 heavy (non-hydrogen) atoms. The SMILES string of the molecule is Fc1ccc(Cc2nccnc2Nc2ccc(F)cc2F)c(F)c1. The molecule has 3 nitrogen and oxygen atoms in total. The molecule has 0 saturated carbocycles. The second-order valence-electron chi connectivity index (χ2n) is 5.01. The lowest BCUT2D eigenvalue weighted by molar-refractivity contribution is 0.574. The number of hydrogen-bond donors (Lipinski definition) is 1. The third-order valence-corrected chi connectivity index (χ3v) is 3.33. The van der Waals surface area contributed by atoms with Crippen molar-refractivity contribution in [3.63, 3.8) is 0 Å². The van der Waals surface area contributed by atoms with E-state index < -0.39 is 23.3 Å². The predicted molar refractivity (Wildman–Crippen MR) is 80.8 cm³/mol. The Balaban J connectivity index is 1.90. The summed E-state index contributed by atoms with van der Waals surface area (Å²) in [6.45, 7) is 0. The largest absolute Gasteiger partial charge is 0.336 e. The predicted octanol–water partition coefficient (Wildman–Crippen LogP) is 4.37. The molecule has 1 heterocycles. The second-order valence-corrected chi connectivity index (χ2v) is 5.01. The van der Waals surface area contributed by atoms with E-state index in [-0.39, 0.29) is 23.5 Å². The minimum atomic E-state index is -0.792. The first-order valence-corrected chi connectivity index (χ1v) is 6.99. The molecule has 3 aromatic rings. The summed E-state index contributed by atoms with van der Waals surface area (Å²) in [5.41, 5.74) is 0.573. The topological polar surface area (TPSA) is 37.8 Å². The van der Waals surface area contributed by atoms with Gasteiger partial charge in [0.1, 0.15) is 23.3 Å². The van der Waals surface area contributed by atoms with E-state index in [1.807, 2.05) is 0 Å². The molecule has 0 bridgehead atoms. The Labute approximate surface area is 135 Å². The molecule has 0 aliphatic carbocycles. The fourth-order valence-corrected chi connectivity index (χ4v) is 2.16. The van der Waals surface area contributed by atoms with Crippen molar-refractivity contribution in [3.05, 3.63) is 83.3 Å². The molecule has 0 aliphatic heterocycles. The summed E-state index contributed by atoms with van der Waals surface area (Å²) in [6, 6.07) is 6.28. The van der Waals surface area contributed by atoms with Crippen LogP contribution >= 0.6 is 0 Å². The molecular formula is C17H11F4N3. The zero-order chi connectivity index (χ0) is 17.1. The highest BCUT2D eigenvalue weighted by Crippen LogP contribution is 2.23. The molecule has 0 amide bonds. The zero-order valence-electron chi connectivity index (χ0n) is 12.2. The van der Waals surface area contributed by atoms with Gasteiger partial charge in [-0.1, -0.05) is 6.07 Å². The maximum atomic E-state index is 13.8. The smallest absolute Gasteiger partial charge is 0.152 e. The average molecular weight is 333 g/mol. The summed E-state index contributed by atoms with van der Waals surface area (Å²) >= 11 is 0. The highest BCUT2D eigenvalue weighted by atomic mass is 19.1. The van der Waals surface area contributed by atoms with Gasteiger partial charge in [-0.2, -0.15) is 0 Å². The van der Waals surface area contributed by atoms with Crippen molar-refractivity contribution in [2.75, 3.05) is 5.32 Å². The molecule has 0 unspecified atom stereocenters. The molecule has 0 atom stereocenters. The first kappa shape index (κ1) is 15.9. The van der Waals surface area contributed by atoms with Crippen LogP contribution in [0.1, 0.15) is 11.3 Å². The van der Waals surface area contributed by atoms with Crippen LogP contribution in [0.4, 0.5) is 29.1 Å². The highest BCUT2D eigenvalue weighted by Gasteiger charge is 2.12. The fourth-order valence-electron chi connectivity index (χ4n) is 2.16. The maximum absolute atomic E-state index is 13.8. The lowest BCUT2D eigenvalue weighted by Gasteiger charge is -2.11. The second kappa shape index (κ2) is 6.66. The van der Waals surface area contributed by atoms with Crippen LogP contribution in [0.25, 0.3) is 0 Å². The van der Waals surface area contributed by atoms with E-state index in [9.17, 15) is 17.6 Å². The van der Waals surface area contributed by atoms with Gasteiger partial charge in [0.2, 0.25) is 0 Å². The van der Waals surface area contributed by atoms with Crippen molar-refractivity contribution in [3.8, 4) is 0 Å². The molecule has 2 aromatic carbocycles. The highest BCUT2D eigenvalue weighted by molar-refractivity contribution is 5.59. The number of rotatable bonds is 4. The number of halogens is 4. The lowest BCUT2D eigenvalue weighted by Crippen LogP contribution is -2.04. The number of nitrogens with one attached hydrogen (secondary N) is 1. The third kappa shape index (κ3) is 3.51. The zero-order valence-corrected chi connectivity index (χ0v) is 12.2. The van der Waals surface area contributed by atoms with Crippen molar-refractivity contribution in [2.45, 2.75) is 6.42 Å². The summed E-state index contributed by atoms with van der Waals surface area (Å²) in [7, 11) is 0. The van der Waals surface area contributed by atoms with E-state index in [2.05, 4.69) is 15.3 Å². The average Bonchev–Trinajstić information content (AvgIpc) is 2.54. The van der Waals surface area contributed by atoms with Gasteiger partial charge in [0, 0.05) is 30.9 Å². The van der Waals surface area contributed by atoms with E-state index in [4.69, 9.17) is 0 Å². The minimum Gasteiger partial charge on any atom is -0.336 e. The molecule has 0 fully saturated rings. The summed E-state index contributed by atoms with van der Waals surface area (Å²) in [5, 5.41) is 2.71. The van der Waals surface area contributed by atoms with E-state index in [0.29, 0.717) is 5.69 Å². The summed E-state index contributed by atoms with van der Waals surface area (Å²) in [4.78, 5) is 8.15. The van der Waals surface area contributed by atoms with Crippen molar-refractivity contribution in [1.29, 1.82) is 0 Å². The first-order chi connectivity index (χ1) is 11.5. The Morgan fingerprint density at radius 1 is 0.792 bits per heavy atom. The van der Waals surface area contributed by atoms with Crippen LogP contribution in [0.5, 0.6) is 0 Å². The molecule has 0 radical (unpaired) electrons. The van der Waals surface area contributed by atoms with Gasteiger partial charge in [0.05, 0.1) is 11.4 Å². The summed E-state index contributed by atoms with van der Waals surface area (Å²) < 4.78 is 53.5. The van der Waals surface area contributed by atoms with Crippen LogP contribution in [-0.2, 0) is 6.42 Å². The van der Waals surface area contributed by atoms with Gasteiger partial charge >= 0.3 is 0 Å². The first-order valence-electron chi connectivity index (χ1n) is 6.99. The number of nitrogens with zero attached hydrogens (tertiary/aromatic N) is 2. The van der Waals surface area contributed by atoms with Crippen molar-refractivity contribution < 1.29 is 17.6 Å². The van der Waals surface area contributed by atoms with Gasteiger partial charge in [-0.15, -0.1) is 0 Å². The van der Waals surface area contributed by atoms with Crippen LogP contribution in [0.2, 0.25) is 0 Å². The molecule has 1 N–H and O–H groups in total. The standard InChI is InChI=1S/C17H11F4N3/c18-11-2-1-10(13(20)8-11)7-16-17(23-6-5-22-16)24-15-4-3-12(19)9-14(15)21/h1-6,8-9H,7H2,(H,23,24). The third-order valence-electron chi connectivity index (χ3n) is 3.33. The number of aromatic nitrogens is 2. The Hall–Kier alpha value is -2.96. The van der Waals surface area contributed by atoms with Gasteiger partial charge in [0.25, 0.3) is 0 Å². The van der Waals surface area contributed by atoms with Crippen LogP contribution in [0.3, 0.4) is 0 Å². The molecule has 1 aromatic heterocycles. The monoisotopic (exact) mass is 333 g/mol. The molecule has 0 spiro atoms. The minimum absolute atomic E-state index is 0.0118. The van der Waals surface area contributed by atoms with Crippen molar-refractivity contribution in [1.82, 2.24) is 9.97 Å². The van der Waals surface area contributed by atoms with E-state index in [1.54, 1.807) is 0 Å². The van der Waals surface area contributed by atoms with Crippen LogP contribution in [0.15, 0.2) is 48.8 Å². The van der Waals surface area contributed by atoms with Gasteiger partial charge in [-0.3, -0.25) is 4.98 Å². The van der Waals surface area contributed by atoms with Crippen LogP contribution in [-0.4, -0.2) is 9.97 Å². The Kier molecular flexibility index (Phi) is 4.41. The van der Waals surface area contributed by atoms with E-state index >= 15 is 0 Å². The Morgan fingerprint density at radius 2 is 1.46 bits per heavy atom. The summed E-state index contributed by atoms with van der Waals surface area (Å²) in [6.07, 6.45) is 2.82. The fraction of sp³-hybridized carbons (Fsp3) is 0.0588. The van der Waals surface area contributed by atoms with Gasteiger partial charge in [0.15, 0.2) is 5.82 Å². The molecule has 7 heteroatoms. The van der Waals surface area contributed by atoms with E-state index in [0.717, 1.165) is 24.3 Å². The maximum Gasteiger partial charge on any atom is 0.152 e. The quantitative estimate of drug-likeness (QED) is 0.721. The normalized spacial score (nSPS) is 10.7. The van der Waals surface area contributed by atoms with E-state index in [1.165, 1.54) is 24.5 Å². The number of anilines is 2. The van der Waals surface area contributed by atoms with Crippen LogP contribution in [0, 0.1) is 23.3 Å². The molecule has 122 valence electrons. The number of benzene rings is 2. The van der Waals surface area contributed by atoms with Gasteiger partial charge in [-0.25, -0.2) is 22.5 Å². The molecule has 3 rings (SSSR count). The molecule has 0 aliphatic rings. The lowest BCUT2D eigenvalue weighted by atomic mass is 10.1. The van der Waals surface area contributed by atoms with Crippen molar-refractivity contribution >= 4 is 11.5 Å². The Morgan fingerprint density at radius 3 is 2.17 bits per heavy atom. The number of hydrogen-bond acceptors (Lipinski definition) is 3. The Bertz CT molecular complexity index is 811. The van der Waals surface area contributed by atoms with Crippen LogP contribution < -0.4 is 5.32 Å². The molecule has 0 saturated heterocycles. The van der Waals surface area contributed by atoms with Gasteiger partial charge in [-0.05, 0) is 23.8 Å². The van der Waals surface area contributed by atoms with Crippen molar-refractivity contribution in [2.24, 2.45) is 0 Å². The van der Waals surface area contributed by atoms with Gasteiger partial charge < -0.3 is 5.32 Å². The summed E-state index contributed by atoms with van der Waals surface area (Å²) in [5.74, 6) is -2.68.